The highest BCUT2D eigenvalue weighted by atomic mass is 16.7. The van der Waals surface area contributed by atoms with E-state index in [1.54, 1.807) is 0 Å². The number of hydrogen-bond donors (Lipinski definition) is 1. The molecule has 0 aromatic carbocycles. The summed E-state index contributed by atoms with van der Waals surface area (Å²) in [6.07, 6.45) is 4.17. The van der Waals surface area contributed by atoms with Gasteiger partial charge in [-0.25, -0.2) is 0 Å². The molecule has 3 atom stereocenters. The van der Waals surface area contributed by atoms with Gasteiger partial charge in [-0.1, -0.05) is 20.8 Å². The highest BCUT2D eigenvalue weighted by Crippen LogP contribution is 2.62. The molecule has 3 heteroatoms. The summed E-state index contributed by atoms with van der Waals surface area (Å²) < 4.78 is 11.6. The second-order valence-electron chi connectivity index (χ2n) is 8.23. The maximum Gasteiger partial charge on any atom is 0.162 e. The topological polar surface area (TPSA) is 30.5 Å². The van der Waals surface area contributed by atoms with Gasteiger partial charge >= 0.3 is 0 Å². The van der Waals surface area contributed by atoms with Crippen molar-refractivity contribution in [3.8, 4) is 0 Å². The Bertz CT molecular complexity index is 351. The Morgan fingerprint density at radius 2 is 1.63 bits per heavy atom. The summed E-state index contributed by atoms with van der Waals surface area (Å²) in [6.45, 7) is 12.9. The van der Waals surface area contributed by atoms with E-state index in [0.29, 0.717) is 22.9 Å². The van der Waals surface area contributed by atoms with Crippen LogP contribution in [0.15, 0.2) is 0 Å². The lowest BCUT2D eigenvalue weighted by molar-refractivity contribution is -0.254. The molecule has 0 radical (unpaired) electrons. The average Bonchev–Trinajstić information content (AvgIpc) is 2.77. The molecule has 1 N–H and O–H groups in total. The van der Waals surface area contributed by atoms with E-state index in [9.17, 15) is 0 Å². The van der Waals surface area contributed by atoms with Crippen LogP contribution in [0.4, 0.5) is 0 Å². The molecule has 19 heavy (non-hydrogen) atoms. The first kappa shape index (κ1) is 13.8. The van der Waals surface area contributed by atoms with E-state index in [2.05, 4.69) is 26.1 Å². The van der Waals surface area contributed by atoms with Crippen molar-refractivity contribution in [1.29, 1.82) is 0 Å². The second kappa shape index (κ2) is 4.19. The van der Waals surface area contributed by atoms with E-state index in [0.717, 1.165) is 19.1 Å². The monoisotopic (exact) mass is 267 g/mol. The SMILES string of the molecule is CC1(C)OCC(NC2C3(C)CCC(C3)C2(C)C)CO1. The first-order valence-electron chi connectivity index (χ1n) is 7.77. The van der Waals surface area contributed by atoms with Gasteiger partial charge in [0.25, 0.3) is 0 Å². The van der Waals surface area contributed by atoms with E-state index in [-0.39, 0.29) is 0 Å². The van der Waals surface area contributed by atoms with Gasteiger partial charge in [0, 0.05) is 6.04 Å². The van der Waals surface area contributed by atoms with Crippen molar-refractivity contribution in [3.63, 3.8) is 0 Å². The van der Waals surface area contributed by atoms with Gasteiger partial charge < -0.3 is 14.8 Å². The van der Waals surface area contributed by atoms with Crippen molar-refractivity contribution < 1.29 is 9.47 Å². The maximum atomic E-state index is 5.78. The van der Waals surface area contributed by atoms with Crippen LogP contribution in [0.25, 0.3) is 0 Å². The second-order valence-corrected chi connectivity index (χ2v) is 8.23. The maximum absolute atomic E-state index is 5.78. The van der Waals surface area contributed by atoms with Gasteiger partial charge in [0.2, 0.25) is 0 Å². The van der Waals surface area contributed by atoms with Crippen LogP contribution in [-0.2, 0) is 9.47 Å². The van der Waals surface area contributed by atoms with Gasteiger partial charge in [-0.2, -0.15) is 0 Å². The van der Waals surface area contributed by atoms with E-state index >= 15 is 0 Å². The minimum absolute atomic E-state index is 0.341. The first-order chi connectivity index (χ1) is 8.73. The number of fused-ring (bicyclic) bond motifs is 2. The number of hydrogen-bond acceptors (Lipinski definition) is 3. The zero-order valence-electron chi connectivity index (χ0n) is 13.1. The quantitative estimate of drug-likeness (QED) is 0.834. The van der Waals surface area contributed by atoms with Gasteiger partial charge in [-0.05, 0) is 49.9 Å². The van der Waals surface area contributed by atoms with Crippen LogP contribution in [-0.4, -0.2) is 31.1 Å². The molecular weight excluding hydrogens is 238 g/mol. The largest absolute Gasteiger partial charge is 0.349 e. The molecule has 3 rings (SSSR count). The highest BCUT2D eigenvalue weighted by molar-refractivity contribution is 5.12. The third-order valence-electron chi connectivity index (χ3n) is 5.94. The Balaban J connectivity index is 1.67. The van der Waals surface area contributed by atoms with E-state index < -0.39 is 5.79 Å². The molecule has 2 bridgehead atoms. The van der Waals surface area contributed by atoms with Crippen molar-refractivity contribution in [2.45, 2.75) is 71.8 Å². The molecule has 3 fully saturated rings. The van der Waals surface area contributed by atoms with Crippen molar-refractivity contribution >= 4 is 0 Å². The molecule has 3 unspecified atom stereocenters. The Labute approximate surface area is 117 Å². The molecule has 1 heterocycles. The van der Waals surface area contributed by atoms with E-state index in [1.165, 1.54) is 19.3 Å². The molecule has 110 valence electrons. The molecule has 2 aliphatic carbocycles. The summed E-state index contributed by atoms with van der Waals surface area (Å²) in [4.78, 5) is 0. The lowest BCUT2D eigenvalue weighted by Gasteiger charge is -2.46. The Kier molecular flexibility index (Phi) is 3.05. The molecule has 0 spiro atoms. The lowest BCUT2D eigenvalue weighted by atomic mass is 9.68. The third-order valence-corrected chi connectivity index (χ3v) is 5.94. The Morgan fingerprint density at radius 1 is 1.00 bits per heavy atom. The van der Waals surface area contributed by atoms with Gasteiger partial charge in [0.05, 0.1) is 19.3 Å². The molecule has 1 saturated heterocycles. The smallest absolute Gasteiger partial charge is 0.162 e. The molecule has 0 aromatic rings. The molecule has 3 aliphatic rings. The zero-order chi connectivity index (χ0) is 13.9. The highest BCUT2D eigenvalue weighted by Gasteiger charge is 2.59. The van der Waals surface area contributed by atoms with Crippen LogP contribution in [0.5, 0.6) is 0 Å². The van der Waals surface area contributed by atoms with Gasteiger partial charge in [-0.15, -0.1) is 0 Å². The zero-order valence-corrected chi connectivity index (χ0v) is 13.1. The Hall–Kier alpha value is -0.120. The number of ether oxygens (including phenoxy) is 2. The summed E-state index contributed by atoms with van der Waals surface area (Å²) in [5, 5.41) is 3.87. The minimum atomic E-state index is -0.410. The molecule has 3 nitrogen and oxygen atoms in total. The summed E-state index contributed by atoms with van der Waals surface area (Å²) in [5.41, 5.74) is 0.876. The van der Waals surface area contributed by atoms with E-state index in [1.807, 2.05) is 13.8 Å². The van der Waals surface area contributed by atoms with Crippen molar-refractivity contribution in [2.75, 3.05) is 13.2 Å². The van der Waals surface area contributed by atoms with Crippen molar-refractivity contribution in [1.82, 2.24) is 5.32 Å². The standard InChI is InChI=1S/C16H29NO2/c1-14(2)11-6-7-16(5,8-11)13(14)17-12-9-18-15(3,4)19-10-12/h11-13,17H,6-10H2,1-5H3. The third kappa shape index (κ3) is 2.24. The van der Waals surface area contributed by atoms with Crippen LogP contribution >= 0.6 is 0 Å². The predicted molar refractivity (Wildman–Crippen MR) is 75.9 cm³/mol. The summed E-state index contributed by atoms with van der Waals surface area (Å²) in [6, 6.07) is 0.936. The fourth-order valence-electron chi connectivity index (χ4n) is 4.74. The van der Waals surface area contributed by atoms with Crippen LogP contribution in [0.3, 0.4) is 0 Å². The van der Waals surface area contributed by atoms with Gasteiger partial charge in [-0.3, -0.25) is 0 Å². The molecule has 2 saturated carbocycles. The predicted octanol–water partition coefficient (Wildman–Crippen LogP) is 2.94. The minimum Gasteiger partial charge on any atom is -0.349 e. The van der Waals surface area contributed by atoms with Gasteiger partial charge in [0.15, 0.2) is 5.79 Å². The first-order valence-corrected chi connectivity index (χ1v) is 7.77. The molecular formula is C16H29NO2. The number of rotatable bonds is 2. The summed E-state index contributed by atoms with van der Waals surface area (Å²) >= 11 is 0. The van der Waals surface area contributed by atoms with Crippen LogP contribution in [0, 0.1) is 16.7 Å². The van der Waals surface area contributed by atoms with Crippen LogP contribution < -0.4 is 5.32 Å². The molecule has 0 aromatic heterocycles. The van der Waals surface area contributed by atoms with E-state index in [4.69, 9.17) is 9.47 Å². The van der Waals surface area contributed by atoms with Crippen molar-refractivity contribution in [3.05, 3.63) is 0 Å². The van der Waals surface area contributed by atoms with Crippen molar-refractivity contribution in [2.24, 2.45) is 16.7 Å². The molecule has 1 aliphatic heterocycles. The summed E-state index contributed by atoms with van der Waals surface area (Å²) in [7, 11) is 0. The van der Waals surface area contributed by atoms with Crippen LogP contribution in [0.2, 0.25) is 0 Å². The summed E-state index contributed by atoms with van der Waals surface area (Å²) in [5.74, 6) is 0.476. The Morgan fingerprint density at radius 3 is 2.16 bits per heavy atom. The molecule has 0 amide bonds. The average molecular weight is 267 g/mol. The van der Waals surface area contributed by atoms with Gasteiger partial charge in [0.1, 0.15) is 0 Å². The normalized spacial score (nSPS) is 44.7. The van der Waals surface area contributed by atoms with Crippen LogP contribution in [0.1, 0.15) is 53.9 Å². The lowest BCUT2D eigenvalue weighted by Crippen LogP contribution is -2.58. The fraction of sp³-hybridized carbons (Fsp3) is 1.00. The fourth-order valence-corrected chi connectivity index (χ4v) is 4.74. The number of nitrogens with one attached hydrogen (secondary N) is 1.